The number of nitrogens with zero attached hydrogens (tertiary/aromatic N) is 3. The summed E-state index contributed by atoms with van der Waals surface area (Å²) in [6, 6.07) is 1.59. The fourth-order valence-electron chi connectivity index (χ4n) is 2.74. The number of amides is 2. The van der Waals surface area contributed by atoms with Crippen LogP contribution in [0.4, 0.5) is 0 Å². The first kappa shape index (κ1) is 15.5. The second kappa shape index (κ2) is 5.50. The summed E-state index contributed by atoms with van der Waals surface area (Å²) >= 11 is 0. The molecular weight excluding hydrogens is 268 g/mol. The molecule has 0 bridgehead atoms. The van der Waals surface area contributed by atoms with Gasteiger partial charge in [-0.15, -0.1) is 0 Å². The molecule has 2 heterocycles. The minimum atomic E-state index is -0.852. The van der Waals surface area contributed by atoms with Gasteiger partial charge in [-0.05, 0) is 32.8 Å². The number of carbonyl (C=O) groups excluding carboxylic acids is 2. The standard InChI is InChI=1S/C15H24N4O2/c1-6-10-8-11(18(5)17-10)9-19-12(7-2)13(20)16-15(3,4)14(19)21/h8,12H,6-7,9H2,1-5H3,(H,16,20). The summed E-state index contributed by atoms with van der Waals surface area (Å²) in [5.74, 6) is -0.131. The zero-order valence-electron chi connectivity index (χ0n) is 13.4. The van der Waals surface area contributed by atoms with Crippen LogP contribution in [0.5, 0.6) is 0 Å². The predicted molar refractivity (Wildman–Crippen MR) is 79.4 cm³/mol. The summed E-state index contributed by atoms with van der Waals surface area (Å²) in [5, 5.41) is 7.20. The highest BCUT2D eigenvalue weighted by Gasteiger charge is 2.44. The lowest BCUT2D eigenvalue weighted by atomic mass is 9.95. The molecule has 1 atom stereocenters. The molecule has 1 fully saturated rings. The first-order valence-electron chi connectivity index (χ1n) is 7.45. The molecule has 1 N–H and O–H groups in total. The summed E-state index contributed by atoms with van der Waals surface area (Å²) < 4.78 is 1.79. The van der Waals surface area contributed by atoms with Gasteiger partial charge in [0.05, 0.1) is 17.9 Å². The van der Waals surface area contributed by atoms with Crippen molar-refractivity contribution in [3.05, 3.63) is 17.5 Å². The lowest BCUT2D eigenvalue weighted by Gasteiger charge is -2.42. The molecule has 1 aromatic heterocycles. The zero-order chi connectivity index (χ0) is 15.8. The summed E-state index contributed by atoms with van der Waals surface area (Å²) in [5.41, 5.74) is 1.09. The van der Waals surface area contributed by atoms with Crippen molar-refractivity contribution < 1.29 is 9.59 Å². The Bertz CT molecular complexity index is 562. The highest BCUT2D eigenvalue weighted by molar-refractivity contribution is 5.99. The van der Waals surface area contributed by atoms with E-state index in [-0.39, 0.29) is 11.8 Å². The fourth-order valence-corrected chi connectivity index (χ4v) is 2.74. The molecule has 21 heavy (non-hydrogen) atoms. The van der Waals surface area contributed by atoms with Crippen molar-refractivity contribution in [3.63, 3.8) is 0 Å². The van der Waals surface area contributed by atoms with Crippen LogP contribution in [-0.2, 0) is 29.6 Å². The van der Waals surface area contributed by atoms with Crippen LogP contribution in [0.2, 0.25) is 0 Å². The van der Waals surface area contributed by atoms with Gasteiger partial charge >= 0.3 is 0 Å². The normalized spacial score (nSPS) is 21.6. The summed E-state index contributed by atoms with van der Waals surface area (Å²) in [7, 11) is 1.87. The molecule has 2 amide bonds. The van der Waals surface area contributed by atoms with Crippen LogP contribution in [0.3, 0.4) is 0 Å². The Kier molecular flexibility index (Phi) is 4.07. The second-order valence-corrected chi connectivity index (χ2v) is 6.08. The SMILES string of the molecule is CCc1cc(CN2C(=O)C(C)(C)NC(=O)C2CC)n(C)n1. The largest absolute Gasteiger partial charge is 0.340 e. The third-order valence-corrected chi connectivity index (χ3v) is 4.02. The summed E-state index contributed by atoms with van der Waals surface area (Å²) in [4.78, 5) is 26.5. The molecule has 116 valence electrons. The van der Waals surface area contributed by atoms with Crippen LogP contribution in [0, 0.1) is 0 Å². The Hall–Kier alpha value is -1.85. The second-order valence-electron chi connectivity index (χ2n) is 6.08. The molecule has 2 rings (SSSR count). The molecule has 1 aromatic rings. The molecule has 1 aliphatic rings. The minimum absolute atomic E-state index is 0.0480. The lowest BCUT2D eigenvalue weighted by molar-refractivity contribution is -0.154. The van der Waals surface area contributed by atoms with Gasteiger partial charge < -0.3 is 10.2 Å². The average Bonchev–Trinajstić information content (AvgIpc) is 2.76. The van der Waals surface area contributed by atoms with Crippen LogP contribution < -0.4 is 5.32 Å². The maximum atomic E-state index is 12.6. The quantitative estimate of drug-likeness (QED) is 0.900. The number of aromatic nitrogens is 2. The third kappa shape index (κ3) is 2.80. The van der Waals surface area contributed by atoms with Gasteiger partial charge in [0.25, 0.3) is 0 Å². The monoisotopic (exact) mass is 292 g/mol. The molecule has 0 saturated carbocycles. The van der Waals surface area contributed by atoms with Crippen molar-refractivity contribution in [2.24, 2.45) is 7.05 Å². The van der Waals surface area contributed by atoms with Gasteiger partial charge in [0.1, 0.15) is 11.6 Å². The molecule has 1 aliphatic heterocycles. The van der Waals surface area contributed by atoms with Crippen molar-refractivity contribution >= 4 is 11.8 Å². The Balaban J connectivity index is 2.31. The van der Waals surface area contributed by atoms with E-state index in [4.69, 9.17) is 0 Å². The number of nitrogens with one attached hydrogen (secondary N) is 1. The van der Waals surface area contributed by atoms with E-state index in [0.717, 1.165) is 17.8 Å². The highest BCUT2D eigenvalue weighted by atomic mass is 16.2. The van der Waals surface area contributed by atoms with Crippen molar-refractivity contribution in [2.45, 2.75) is 58.7 Å². The van der Waals surface area contributed by atoms with Crippen molar-refractivity contribution in [3.8, 4) is 0 Å². The zero-order valence-corrected chi connectivity index (χ0v) is 13.4. The maximum absolute atomic E-state index is 12.6. The highest BCUT2D eigenvalue weighted by Crippen LogP contribution is 2.22. The molecule has 0 aromatic carbocycles. The molecular formula is C15H24N4O2. The van der Waals surface area contributed by atoms with Gasteiger partial charge in [-0.25, -0.2) is 0 Å². The van der Waals surface area contributed by atoms with Gasteiger partial charge in [0, 0.05) is 7.05 Å². The van der Waals surface area contributed by atoms with Crippen molar-refractivity contribution in [1.29, 1.82) is 0 Å². The molecule has 6 nitrogen and oxygen atoms in total. The number of piperazine rings is 1. The molecule has 1 unspecified atom stereocenters. The number of carbonyl (C=O) groups is 2. The van der Waals surface area contributed by atoms with E-state index in [1.165, 1.54) is 0 Å². The first-order chi connectivity index (χ1) is 9.80. The topological polar surface area (TPSA) is 67.2 Å². The number of aryl methyl sites for hydroxylation is 2. The minimum Gasteiger partial charge on any atom is -0.340 e. The fraction of sp³-hybridized carbons (Fsp3) is 0.667. The molecule has 0 spiro atoms. The van der Waals surface area contributed by atoms with E-state index in [0.29, 0.717) is 13.0 Å². The Morgan fingerprint density at radius 3 is 2.52 bits per heavy atom. The van der Waals surface area contributed by atoms with E-state index in [1.54, 1.807) is 23.4 Å². The molecule has 6 heteroatoms. The Morgan fingerprint density at radius 1 is 1.33 bits per heavy atom. The molecule has 0 radical (unpaired) electrons. The van der Waals surface area contributed by atoms with E-state index < -0.39 is 11.6 Å². The van der Waals surface area contributed by atoms with Gasteiger partial charge in [0.2, 0.25) is 11.8 Å². The summed E-state index contributed by atoms with van der Waals surface area (Å²) in [6.45, 7) is 7.87. The van der Waals surface area contributed by atoms with Crippen molar-refractivity contribution in [2.75, 3.05) is 0 Å². The van der Waals surface area contributed by atoms with Gasteiger partial charge in [-0.2, -0.15) is 5.10 Å². The smallest absolute Gasteiger partial charge is 0.248 e. The maximum Gasteiger partial charge on any atom is 0.248 e. The third-order valence-electron chi connectivity index (χ3n) is 4.02. The number of hydrogen-bond acceptors (Lipinski definition) is 3. The predicted octanol–water partition coefficient (Wildman–Crippen LogP) is 0.998. The van der Waals surface area contributed by atoms with Crippen LogP contribution in [0.15, 0.2) is 6.07 Å². The Labute approximate surface area is 125 Å². The van der Waals surface area contributed by atoms with Crippen LogP contribution in [-0.4, -0.2) is 38.1 Å². The van der Waals surface area contributed by atoms with E-state index >= 15 is 0 Å². The van der Waals surface area contributed by atoms with E-state index in [1.807, 2.05) is 27.0 Å². The van der Waals surface area contributed by atoms with Crippen LogP contribution >= 0.6 is 0 Å². The Morgan fingerprint density at radius 2 is 2.00 bits per heavy atom. The van der Waals surface area contributed by atoms with Crippen LogP contribution in [0.1, 0.15) is 45.5 Å². The van der Waals surface area contributed by atoms with Gasteiger partial charge in [-0.1, -0.05) is 13.8 Å². The average molecular weight is 292 g/mol. The van der Waals surface area contributed by atoms with Crippen LogP contribution in [0.25, 0.3) is 0 Å². The van der Waals surface area contributed by atoms with E-state index in [9.17, 15) is 9.59 Å². The van der Waals surface area contributed by atoms with E-state index in [2.05, 4.69) is 10.4 Å². The van der Waals surface area contributed by atoms with Gasteiger partial charge in [-0.3, -0.25) is 14.3 Å². The van der Waals surface area contributed by atoms with Crippen molar-refractivity contribution in [1.82, 2.24) is 20.0 Å². The van der Waals surface area contributed by atoms with Gasteiger partial charge in [0.15, 0.2) is 0 Å². The molecule has 0 aliphatic carbocycles. The first-order valence-corrected chi connectivity index (χ1v) is 7.45. The summed E-state index contributed by atoms with van der Waals surface area (Å²) in [6.07, 6.45) is 1.46. The number of rotatable bonds is 4. The lowest BCUT2D eigenvalue weighted by Crippen LogP contribution is -2.67. The number of hydrogen-bond donors (Lipinski definition) is 1. The molecule has 1 saturated heterocycles.